The van der Waals surface area contributed by atoms with E-state index in [4.69, 9.17) is 4.74 Å². The lowest BCUT2D eigenvalue weighted by Crippen LogP contribution is -2.45. The second kappa shape index (κ2) is 9.84. The fraction of sp³-hybridized carbons (Fsp3) is 0.276. The lowest BCUT2D eigenvalue weighted by atomic mass is 9.96. The van der Waals surface area contributed by atoms with Crippen LogP contribution in [0.25, 0.3) is 27.6 Å². The molecule has 0 amide bonds. The summed E-state index contributed by atoms with van der Waals surface area (Å²) in [5.74, 6) is 0. The topological polar surface area (TPSA) is 68.6 Å². The number of morpholine rings is 1. The van der Waals surface area contributed by atoms with Crippen LogP contribution in [0.1, 0.15) is 19.4 Å². The van der Waals surface area contributed by atoms with Crippen LogP contribution in [-0.4, -0.2) is 43.8 Å². The standard InChI is InChI=1S/C29H27F3N2O4S/c1-18-15-34(23-11-9-22(10-12-23)33-16-19(2)38-20(3)17-33)28(35)26-6-4-5-25(27(18)26)21-7-13-24(14-8-21)39(36,37)29(30,31)32/h4-15,19-20H,16-17H2,1-3H3/t19-,20?/m0/s1. The number of nitrogens with zero attached hydrogens (tertiary/aromatic N) is 2. The molecule has 1 unspecified atom stereocenters. The molecule has 1 aliphatic rings. The zero-order chi connectivity index (χ0) is 28.1. The van der Waals surface area contributed by atoms with Gasteiger partial charge in [-0.3, -0.25) is 9.36 Å². The quantitative estimate of drug-likeness (QED) is 0.314. The smallest absolute Gasteiger partial charge is 0.372 e. The Bertz CT molecular complexity index is 1690. The molecule has 1 saturated heterocycles. The predicted molar refractivity (Wildman–Crippen MR) is 145 cm³/mol. The monoisotopic (exact) mass is 556 g/mol. The average Bonchev–Trinajstić information content (AvgIpc) is 2.89. The Balaban J connectivity index is 1.52. The predicted octanol–water partition coefficient (Wildman–Crippen LogP) is 5.87. The Morgan fingerprint density at radius 1 is 0.872 bits per heavy atom. The summed E-state index contributed by atoms with van der Waals surface area (Å²) >= 11 is 0. The molecule has 2 atom stereocenters. The molecule has 0 radical (unpaired) electrons. The van der Waals surface area contributed by atoms with Gasteiger partial charge in [0, 0.05) is 36.0 Å². The summed E-state index contributed by atoms with van der Waals surface area (Å²) in [6, 6.07) is 17.5. The van der Waals surface area contributed by atoms with Crippen molar-refractivity contribution in [3.05, 3.63) is 88.8 Å². The van der Waals surface area contributed by atoms with E-state index < -0.39 is 20.2 Å². The van der Waals surface area contributed by atoms with Crippen molar-refractivity contribution in [1.29, 1.82) is 0 Å². The van der Waals surface area contributed by atoms with Crippen molar-refractivity contribution in [3.8, 4) is 16.8 Å². The van der Waals surface area contributed by atoms with Crippen LogP contribution in [0.5, 0.6) is 0 Å². The Hall–Kier alpha value is -3.63. The SMILES string of the molecule is Cc1cn(-c2ccc(N3CC(C)O[C@@H](C)C3)cc2)c(=O)c2cccc(-c3ccc(S(=O)(=O)C(F)(F)F)cc3)c12. The van der Waals surface area contributed by atoms with Gasteiger partial charge in [0.25, 0.3) is 15.4 Å². The number of fused-ring (bicyclic) bond motifs is 1. The number of ether oxygens (including phenoxy) is 1. The number of hydrogen-bond acceptors (Lipinski definition) is 5. The summed E-state index contributed by atoms with van der Waals surface area (Å²) in [5.41, 5.74) is -1.97. The Morgan fingerprint density at radius 3 is 2.05 bits per heavy atom. The van der Waals surface area contributed by atoms with Gasteiger partial charge in [-0.05, 0) is 85.3 Å². The van der Waals surface area contributed by atoms with Gasteiger partial charge in [-0.25, -0.2) is 8.42 Å². The second-order valence-corrected chi connectivity index (χ2v) is 11.8. The molecule has 0 spiro atoms. The summed E-state index contributed by atoms with van der Waals surface area (Å²) in [4.78, 5) is 15.0. The third kappa shape index (κ3) is 4.94. The minimum absolute atomic E-state index is 0.124. The first-order valence-electron chi connectivity index (χ1n) is 12.4. The molecule has 204 valence electrons. The fourth-order valence-corrected chi connectivity index (χ4v) is 5.96. The van der Waals surface area contributed by atoms with Crippen molar-refractivity contribution in [2.45, 2.75) is 43.4 Å². The summed E-state index contributed by atoms with van der Waals surface area (Å²) in [5, 5.41) is 1.09. The number of aryl methyl sites for hydroxylation is 1. The summed E-state index contributed by atoms with van der Waals surface area (Å²) in [6.07, 6.45) is 1.99. The first-order chi connectivity index (χ1) is 18.4. The Morgan fingerprint density at radius 2 is 1.46 bits per heavy atom. The summed E-state index contributed by atoms with van der Waals surface area (Å²) in [7, 11) is -5.45. The zero-order valence-electron chi connectivity index (χ0n) is 21.6. The Kier molecular flexibility index (Phi) is 6.80. The molecule has 5 rings (SSSR count). The highest BCUT2D eigenvalue weighted by Gasteiger charge is 2.46. The highest BCUT2D eigenvalue weighted by molar-refractivity contribution is 7.92. The van der Waals surface area contributed by atoms with Crippen LogP contribution in [0.3, 0.4) is 0 Å². The number of aromatic nitrogens is 1. The molecule has 1 aliphatic heterocycles. The van der Waals surface area contributed by atoms with Crippen LogP contribution < -0.4 is 10.5 Å². The summed E-state index contributed by atoms with van der Waals surface area (Å²) in [6.45, 7) is 7.51. The van der Waals surface area contributed by atoms with E-state index in [2.05, 4.69) is 4.90 Å². The lowest BCUT2D eigenvalue weighted by molar-refractivity contribution is -0.0436. The second-order valence-electron chi connectivity index (χ2n) is 9.87. The van der Waals surface area contributed by atoms with Crippen LogP contribution in [0.2, 0.25) is 0 Å². The van der Waals surface area contributed by atoms with E-state index in [1.807, 2.05) is 45.0 Å². The molecule has 4 aromatic rings. The van der Waals surface area contributed by atoms with E-state index >= 15 is 0 Å². The van der Waals surface area contributed by atoms with Gasteiger partial charge >= 0.3 is 5.51 Å². The molecule has 1 fully saturated rings. The number of benzene rings is 3. The van der Waals surface area contributed by atoms with Crippen molar-refractivity contribution in [2.24, 2.45) is 0 Å². The molecule has 3 aromatic carbocycles. The van der Waals surface area contributed by atoms with Gasteiger partial charge in [0.05, 0.1) is 17.1 Å². The minimum atomic E-state index is -5.45. The summed E-state index contributed by atoms with van der Waals surface area (Å²) < 4.78 is 69.7. The maximum Gasteiger partial charge on any atom is 0.501 e. The number of hydrogen-bond donors (Lipinski definition) is 0. The van der Waals surface area contributed by atoms with Gasteiger partial charge in [-0.2, -0.15) is 13.2 Å². The van der Waals surface area contributed by atoms with Crippen molar-refractivity contribution in [2.75, 3.05) is 18.0 Å². The van der Waals surface area contributed by atoms with Gasteiger partial charge in [-0.15, -0.1) is 0 Å². The molecule has 10 heteroatoms. The number of pyridine rings is 1. The molecule has 2 heterocycles. The number of anilines is 1. The maximum absolute atomic E-state index is 13.6. The Labute approximate surface area is 224 Å². The van der Waals surface area contributed by atoms with E-state index in [0.717, 1.165) is 36.5 Å². The fourth-order valence-electron chi connectivity index (χ4n) is 5.19. The molecule has 1 aromatic heterocycles. The van der Waals surface area contributed by atoms with Crippen LogP contribution in [0.15, 0.2) is 82.6 Å². The molecule has 39 heavy (non-hydrogen) atoms. The number of alkyl halides is 3. The van der Waals surface area contributed by atoms with Crippen LogP contribution >= 0.6 is 0 Å². The third-order valence-electron chi connectivity index (χ3n) is 6.92. The number of sulfone groups is 1. The van der Waals surface area contributed by atoms with Gasteiger partial charge in [-0.1, -0.05) is 24.3 Å². The van der Waals surface area contributed by atoms with Crippen LogP contribution in [-0.2, 0) is 14.6 Å². The van der Waals surface area contributed by atoms with Gasteiger partial charge in [0.2, 0.25) is 0 Å². The molecule has 0 bridgehead atoms. The van der Waals surface area contributed by atoms with Gasteiger partial charge in [0.1, 0.15) is 0 Å². The highest BCUT2D eigenvalue weighted by atomic mass is 32.2. The van der Waals surface area contributed by atoms with E-state index in [0.29, 0.717) is 27.6 Å². The maximum atomic E-state index is 13.6. The molecule has 0 aliphatic carbocycles. The largest absolute Gasteiger partial charge is 0.501 e. The van der Waals surface area contributed by atoms with E-state index in [1.54, 1.807) is 29.0 Å². The van der Waals surface area contributed by atoms with Crippen molar-refractivity contribution < 1.29 is 26.3 Å². The van der Waals surface area contributed by atoms with Crippen LogP contribution in [0, 0.1) is 6.92 Å². The minimum Gasteiger partial charge on any atom is -0.372 e. The van der Waals surface area contributed by atoms with E-state index in [9.17, 15) is 26.4 Å². The number of rotatable bonds is 4. The van der Waals surface area contributed by atoms with Gasteiger partial charge < -0.3 is 9.64 Å². The van der Waals surface area contributed by atoms with Crippen LogP contribution in [0.4, 0.5) is 18.9 Å². The molecular weight excluding hydrogens is 529 g/mol. The van der Waals surface area contributed by atoms with Crippen molar-refractivity contribution in [1.82, 2.24) is 4.57 Å². The van der Waals surface area contributed by atoms with Crippen molar-refractivity contribution in [3.63, 3.8) is 0 Å². The van der Waals surface area contributed by atoms with Crippen molar-refractivity contribution >= 4 is 26.3 Å². The normalized spacial score (nSPS) is 18.5. The highest BCUT2D eigenvalue weighted by Crippen LogP contribution is 2.34. The molecular formula is C29H27F3N2O4S. The molecule has 6 nitrogen and oxygen atoms in total. The number of halogens is 3. The first kappa shape index (κ1) is 27.0. The first-order valence-corrected chi connectivity index (χ1v) is 13.9. The third-order valence-corrected chi connectivity index (χ3v) is 8.43. The van der Waals surface area contributed by atoms with E-state index in [1.165, 1.54) is 12.1 Å². The van der Waals surface area contributed by atoms with E-state index in [-0.39, 0.29) is 17.8 Å². The average molecular weight is 557 g/mol. The lowest BCUT2D eigenvalue weighted by Gasteiger charge is -2.36. The van der Waals surface area contributed by atoms with Gasteiger partial charge in [0.15, 0.2) is 0 Å². The zero-order valence-corrected chi connectivity index (χ0v) is 22.4. The molecule has 0 N–H and O–H groups in total. The molecule has 0 saturated carbocycles.